The van der Waals surface area contributed by atoms with E-state index in [4.69, 9.17) is 5.11 Å². The molecule has 0 radical (unpaired) electrons. The lowest BCUT2D eigenvalue weighted by Gasteiger charge is -2.13. The number of carboxylic acids is 1. The van der Waals surface area contributed by atoms with Crippen molar-refractivity contribution in [3.63, 3.8) is 0 Å². The molecular weight excluding hydrogens is 307 g/mol. The highest BCUT2D eigenvalue weighted by Gasteiger charge is 2.30. The average molecular weight is 320 g/mol. The fourth-order valence-corrected chi connectivity index (χ4v) is 3.01. The van der Waals surface area contributed by atoms with E-state index < -0.39 is 43.4 Å². The van der Waals surface area contributed by atoms with Crippen LogP contribution in [0.2, 0.25) is 0 Å². The van der Waals surface area contributed by atoms with Gasteiger partial charge in [0, 0.05) is 0 Å². The Labute approximate surface area is 119 Å². The molecule has 0 spiro atoms. The first-order chi connectivity index (χ1) is 9.69. The first kappa shape index (κ1) is 17.0. The molecule has 0 aliphatic heterocycles. The molecule has 116 valence electrons. The van der Waals surface area contributed by atoms with Crippen molar-refractivity contribution in [3.05, 3.63) is 34.1 Å². The highest BCUT2D eigenvalue weighted by atomic mass is 32.2. The first-order valence-electron chi connectivity index (χ1n) is 5.88. The van der Waals surface area contributed by atoms with Gasteiger partial charge < -0.3 is 5.11 Å². The van der Waals surface area contributed by atoms with Gasteiger partial charge in [0.1, 0.15) is 11.9 Å². The van der Waals surface area contributed by atoms with Crippen LogP contribution in [0.4, 0.5) is 10.1 Å². The molecule has 0 amide bonds. The van der Waals surface area contributed by atoms with E-state index in [0.717, 1.165) is 12.1 Å². The SMILES string of the molecule is CCCC(NS(=O)(=O)c1ccc(F)cc1[N+](=O)[O-])C(=O)O. The number of rotatable bonds is 7. The predicted octanol–water partition coefficient (Wildman–Crippen LogP) is 1.27. The van der Waals surface area contributed by atoms with Gasteiger partial charge in [-0.25, -0.2) is 12.8 Å². The van der Waals surface area contributed by atoms with E-state index in [1.807, 2.05) is 4.72 Å². The van der Waals surface area contributed by atoms with Crippen molar-refractivity contribution < 1.29 is 27.6 Å². The van der Waals surface area contributed by atoms with Crippen molar-refractivity contribution >= 4 is 21.7 Å². The zero-order chi connectivity index (χ0) is 16.2. The molecular formula is C11H13FN2O6S. The molecule has 8 nitrogen and oxygen atoms in total. The van der Waals surface area contributed by atoms with Gasteiger partial charge in [0.25, 0.3) is 5.69 Å². The Hall–Kier alpha value is -2.07. The smallest absolute Gasteiger partial charge is 0.321 e. The first-order valence-corrected chi connectivity index (χ1v) is 7.36. The molecule has 1 rings (SSSR count). The van der Waals surface area contributed by atoms with Crippen molar-refractivity contribution in [1.29, 1.82) is 0 Å². The van der Waals surface area contributed by atoms with E-state index in [1.54, 1.807) is 6.92 Å². The highest BCUT2D eigenvalue weighted by molar-refractivity contribution is 7.89. The molecule has 0 fully saturated rings. The lowest BCUT2D eigenvalue weighted by molar-refractivity contribution is -0.388. The predicted molar refractivity (Wildman–Crippen MR) is 69.7 cm³/mol. The van der Waals surface area contributed by atoms with Crippen molar-refractivity contribution in [3.8, 4) is 0 Å². The van der Waals surface area contributed by atoms with Gasteiger partial charge in [-0.2, -0.15) is 4.72 Å². The molecule has 1 aromatic rings. The monoisotopic (exact) mass is 320 g/mol. The number of nitro benzene ring substituents is 1. The molecule has 21 heavy (non-hydrogen) atoms. The highest BCUT2D eigenvalue weighted by Crippen LogP contribution is 2.24. The number of carbonyl (C=O) groups is 1. The molecule has 0 heterocycles. The van der Waals surface area contributed by atoms with E-state index in [9.17, 15) is 27.7 Å². The number of aliphatic carboxylic acids is 1. The van der Waals surface area contributed by atoms with Gasteiger partial charge in [0.15, 0.2) is 4.90 Å². The summed E-state index contributed by atoms with van der Waals surface area (Å²) in [5.74, 6) is -2.37. The number of benzene rings is 1. The number of nitrogens with one attached hydrogen (secondary N) is 1. The van der Waals surface area contributed by atoms with Gasteiger partial charge in [-0.15, -0.1) is 0 Å². The Balaban J connectivity index is 3.25. The van der Waals surface area contributed by atoms with Gasteiger partial charge in [-0.1, -0.05) is 13.3 Å². The zero-order valence-electron chi connectivity index (χ0n) is 10.9. The number of hydrogen-bond acceptors (Lipinski definition) is 5. The second-order valence-electron chi connectivity index (χ2n) is 4.17. The van der Waals surface area contributed by atoms with Crippen LogP contribution >= 0.6 is 0 Å². The van der Waals surface area contributed by atoms with Gasteiger partial charge in [-0.05, 0) is 18.6 Å². The fraction of sp³-hybridized carbons (Fsp3) is 0.364. The second kappa shape index (κ2) is 6.59. The number of sulfonamides is 1. The van der Waals surface area contributed by atoms with Crippen LogP contribution < -0.4 is 4.72 Å². The molecule has 0 saturated carbocycles. The third kappa shape index (κ3) is 4.20. The summed E-state index contributed by atoms with van der Waals surface area (Å²) in [6.45, 7) is 1.66. The van der Waals surface area contributed by atoms with Crippen LogP contribution in [0.15, 0.2) is 23.1 Å². The molecule has 0 saturated heterocycles. The quantitative estimate of drug-likeness (QED) is 0.575. The van der Waals surface area contributed by atoms with Crippen LogP contribution in [0.25, 0.3) is 0 Å². The topological polar surface area (TPSA) is 127 Å². The normalized spacial score (nSPS) is 12.9. The van der Waals surface area contributed by atoms with E-state index >= 15 is 0 Å². The van der Waals surface area contributed by atoms with Crippen molar-refractivity contribution in [2.45, 2.75) is 30.7 Å². The molecule has 1 aromatic carbocycles. The Morgan fingerprint density at radius 1 is 1.52 bits per heavy atom. The van der Waals surface area contributed by atoms with E-state index in [0.29, 0.717) is 12.5 Å². The summed E-state index contributed by atoms with van der Waals surface area (Å²) in [6.07, 6.45) is 0.411. The van der Waals surface area contributed by atoms with Crippen LogP contribution in [0.5, 0.6) is 0 Å². The zero-order valence-corrected chi connectivity index (χ0v) is 11.8. The Bertz CT molecular complexity index is 661. The molecule has 1 unspecified atom stereocenters. The minimum Gasteiger partial charge on any atom is -0.480 e. The van der Waals surface area contributed by atoms with Crippen molar-refractivity contribution in [1.82, 2.24) is 4.72 Å². The maximum atomic E-state index is 13.0. The summed E-state index contributed by atoms with van der Waals surface area (Å²) in [5, 5.41) is 19.7. The van der Waals surface area contributed by atoms with E-state index in [1.165, 1.54) is 0 Å². The molecule has 0 aromatic heterocycles. The second-order valence-corrected chi connectivity index (χ2v) is 5.85. The number of carboxylic acid groups (broad SMARTS) is 1. The van der Waals surface area contributed by atoms with Gasteiger partial charge in [-0.3, -0.25) is 14.9 Å². The number of nitro groups is 1. The standard InChI is InChI=1S/C11H13FN2O6S/c1-2-3-8(11(15)16)13-21(19,20)10-5-4-7(12)6-9(10)14(17)18/h4-6,8,13H,2-3H2,1H3,(H,15,16). The summed E-state index contributed by atoms with van der Waals surface area (Å²) < 4.78 is 39.0. The lowest BCUT2D eigenvalue weighted by atomic mass is 10.2. The van der Waals surface area contributed by atoms with Crippen LogP contribution in [0, 0.1) is 15.9 Å². The largest absolute Gasteiger partial charge is 0.480 e. The summed E-state index contributed by atoms with van der Waals surface area (Å²) in [4.78, 5) is 19.9. The van der Waals surface area contributed by atoms with Crippen LogP contribution in [0.3, 0.4) is 0 Å². The fourth-order valence-electron chi connectivity index (χ4n) is 1.63. The van der Waals surface area contributed by atoms with Crippen LogP contribution in [-0.2, 0) is 14.8 Å². The maximum absolute atomic E-state index is 13.0. The molecule has 0 aliphatic rings. The van der Waals surface area contributed by atoms with Crippen LogP contribution in [0.1, 0.15) is 19.8 Å². The number of hydrogen-bond donors (Lipinski definition) is 2. The van der Waals surface area contributed by atoms with Crippen LogP contribution in [-0.4, -0.2) is 30.5 Å². The lowest BCUT2D eigenvalue weighted by Crippen LogP contribution is -2.40. The van der Waals surface area contributed by atoms with E-state index in [2.05, 4.69) is 0 Å². The minimum atomic E-state index is -4.46. The molecule has 10 heteroatoms. The summed E-state index contributed by atoms with van der Waals surface area (Å²) >= 11 is 0. The van der Waals surface area contributed by atoms with Gasteiger partial charge in [0.2, 0.25) is 10.0 Å². The third-order valence-electron chi connectivity index (χ3n) is 2.58. The van der Waals surface area contributed by atoms with E-state index in [-0.39, 0.29) is 6.42 Å². The van der Waals surface area contributed by atoms with Gasteiger partial charge in [0.05, 0.1) is 11.0 Å². The summed E-state index contributed by atoms with van der Waals surface area (Å²) in [7, 11) is -4.46. The molecule has 0 aliphatic carbocycles. The third-order valence-corrected chi connectivity index (χ3v) is 4.10. The average Bonchev–Trinajstić information content (AvgIpc) is 2.37. The summed E-state index contributed by atoms with van der Waals surface area (Å²) in [5.41, 5.74) is -0.955. The summed E-state index contributed by atoms with van der Waals surface area (Å²) in [6, 6.07) is 0.520. The Morgan fingerprint density at radius 2 is 2.14 bits per heavy atom. The molecule has 0 bridgehead atoms. The number of halogens is 1. The molecule has 2 N–H and O–H groups in total. The Morgan fingerprint density at radius 3 is 2.62 bits per heavy atom. The van der Waals surface area contributed by atoms with Crippen molar-refractivity contribution in [2.24, 2.45) is 0 Å². The van der Waals surface area contributed by atoms with Gasteiger partial charge >= 0.3 is 5.97 Å². The minimum absolute atomic E-state index is 0.0174. The Kier molecular flexibility index (Phi) is 5.33. The van der Waals surface area contributed by atoms with Crippen molar-refractivity contribution in [2.75, 3.05) is 0 Å². The number of nitrogens with zero attached hydrogens (tertiary/aromatic N) is 1. The molecule has 1 atom stereocenters. The maximum Gasteiger partial charge on any atom is 0.321 e.